The highest BCUT2D eigenvalue weighted by Crippen LogP contribution is 2.37. The van der Waals surface area contributed by atoms with Crippen molar-refractivity contribution in [2.45, 2.75) is 0 Å². The topological polar surface area (TPSA) is 68.0 Å². The van der Waals surface area contributed by atoms with E-state index in [1.54, 1.807) is 36.3 Å². The van der Waals surface area contributed by atoms with Crippen LogP contribution in [0.3, 0.4) is 0 Å². The van der Waals surface area contributed by atoms with Gasteiger partial charge in [0.05, 0.1) is 21.5 Å². The van der Waals surface area contributed by atoms with Crippen LogP contribution in [0.25, 0.3) is 21.5 Å². The first-order chi connectivity index (χ1) is 8.68. The largest absolute Gasteiger partial charge is 0.477 e. The van der Waals surface area contributed by atoms with Crippen LogP contribution in [0.4, 0.5) is 0 Å². The standard InChI is InChI=1S/C12H9N3O2S/c1-15-7(4-6-14-15)9-10-8(3-2-5-13-10)18-11(9)12(16)17/h2-6H,1H3,(H,16,17). The zero-order chi connectivity index (χ0) is 12.7. The molecule has 0 saturated carbocycles. The minimum Gasteiger partial charge on any atom is -0.477 e. The van der Waals surface area contributed by atoms with Crippen LogP contribution >= 0.6 is 11.3 Å². The second-order valence-corrected chi connectivity index (χ2v) is 4.85. The summed E-state index contributed by atoms with van der Waals surface area (Å²) in [6, 6.07) is 5.47. The second kappa shape index (κ2) is 3.92. The Bertz CT molecular complexity index is 745. The van der Waals surface area contributed by atoms with Gasteiger partial charge in [-0.25, -0.2) is 4.79 Å². The molecule has 0 fully saturated rings. The molecule has 3 heterocycles. The second-order valence-electron chi connectivity index (χ2n) is 3.80. The summed E-state index contributed by atoms with van der Waals surface area (Å²) in [5.74, 6) is -0.936. The van der Waals surface area contributed by atoms with Gasteiger partial charge >= 0.3 is 5.97 Å². The van der Waals surface area contributed by atoms with Crippen molar-refractivity contribution < 1.29 is 9.90 Å². The number of nitrogens with zero attached hydrogens (tertiary/aromatic N) is 3. The van der Waals surface area contributed by atoms with E-state index in [2.05, 4.69) is 10.1 Å². The van der Waals surface area contributed by atoms with Gasteiger partial charge in [0.2, 0.25) is 0 Å². The van der Waals surface area contributed by atoms with Crippen molar-refractivity contribution in [2.75, 3.05) is 0 Å². The molecule has 5 nitrogen and oxygen atoms in total. The molecule has 0 aliphatic carbocycles. The van der Waals surface area contributed by atoms with Crippen LogP contribution in [-0.2, 0) is 7.05 Å². The Morgan fingerprint density at radius 2 is 2.22 bits per heavy atom. The summed E-state index contributed by atoms with van der Waals surface area (Å²) in [4.78, 5) is 15.9. The molecular formula is C12H9N3O2S. The molecule has 0 aliphatic heterocycles. The lowest BCUT2D eigenvalue weighted by Gasteiger charge is -2.01. The summed E-state index contributed by atoms with van der Waals surface area (Å²) in [7, 11) is 1.79. The molecule has 90 valence electrons. The first-order valence-electron chi connectivity index (χ1n) is 5.27. The molecule has 0 aliphatic rings. The quantitative estimate of drug-likeness (QED) is 0.767. The normalized spacial score (nSPS) is 10.9. The molecule has 3 aromatic heterocycles. The first-order valence-corrected chi connectivity index (χ1v) is 6.09. The molecule has 0 bridgehead atoms. The molecule has 3 rings (SSSR count). The Hall–Kier alpha value is -2.21. The molecule has 0 radical (unpaired) electrons. The maximum Gasteiger partial charge on any atom is 0.346 e. The van der Waals surface area contributed by atoms with E-state index in [9.17, 15) is 9.90 Å². The number of rotatable bonds is 2. The van der Waals surface area contributed by atoms with E-state index in [4.69, 9.17) is 0 Å². The fourth-order valence-corrected chi connectivity index (χ4v) is 2.95. The molecule has 0 spiro atoms. The van der Waals surface area contributed by atoms with Crippen LogP contribution in [0.1, 0.15) is 9.67 Å². The van der Waals surface area contributed by atoms with Gasteiger partial charge in [0.25, 0.3) is 0 Å². The van der Waals surface area contributed by atoms with E-state index >= 15 is 0 Å². The highest BCUT2D eigenvalue weighted by molar-refractivity contribution is 7.21. The molecule has 0 aromatic carbocycles. The Morgan fingerprint density at radius 1 is 1.39 bits per heavy atom. The summed E-state index contributed by atoms with van der Waals surface area (Å²) >= 11 is 1.24. The zero-order valence-corrected chi connectivity index (χ0v) is 10.3. The van der Waals surface area contributed by atoms with Crippen LogP contribution in [0.15, 0.2) is 30.6 Å². The Morgan fingerprint density at radius 3 is 2.89 bits per heavy atom. The number of pyridine rings is 1. The molecule has 3 aromatic rings. The molecular weight excluding hydrogens is 250 g/mol. The fraction of sp³-hybridized carbons (Fsp3) is 0.0833. The zero-order valence-electron chi connectivity index (χ0n) is 9.49. The van der Waals surface area contributed by atoms with Crippen molar-refractivity contribution in [3.05, 3.63) is 35.5 Å². The van der Waals surface area contributed by atoms with E-state index in [1.165, 1.54) is 11.3 Å². The van der Waals surface area contributed by atoms with Gasteiger partial charge in [-0.3, -0.25) is 9.67 Å². The molecule has 18 heavy (non-hydrogen) atoms. The van der Waals surface area contributed by atoms with E-state index in [-0.39, 0.29) is 0 Å². The summed E-state index contributed by atoms with van der Waals surface area (Å²) in [6.45, 7) is 0. The van der Waals surface area contributed by atoms with Crippen molar-refractivity contribution in [3.8, 4) is 11.3 Å². The van der Waals surface area contributed by atoms with Crippen LogP contribution < -0.4 is 0 Å². The van der Waals surface area contributed by atoms with Gasteiger partial charge in [-0.15, -0.1) is 11.3 Å². The molecule has 0 saturated heterocycles. The molecule has 0 atom stereocenters. The Balaban J connectivity index is 2.42. The summed E-state index contributed by atoms with van der Waals surface area (Å²) in [5.41, 5.74) is 2.11. The lowest BCUT2D eigenvalue weighted by atomic mass is 10.1. The summed E-state index contributed by atoms with van der Waals surface area (Å²) in [6.07, 6.45) is 3.31. The van der Waals surface area contributed by atoms with Crippen molar-refractivity contribution in [3.63, 3.8) is 0 Å². The third-order valence-electron chi connectivity index (χ3n) is 2.72. The number of aromatic carboxylic acids is 1. The average Bonchev–Trinajstić information content (AvgIpc) is 2.92. The van der Waals surface area contributed by atoms with Gasteiger partial charge in [-0.05, 0) is 18.2 Å². The van der Waals surface area contributed by atoms with Gasteiger partial charge in [0.15, 0.2) is 0 Å². The van der Waals surface area contributed by atoms with Gasteiger partial charge < -0.3 is 5.11 Å². The Kier molecular flexibility index (Phi) is 2.38. The summed E-state index contributed by atoms with van der Waals surface area (Å²) in [5, 5.41) is 13.4. The number of hydrogen-bond donors (Lipinski definition) is 1. The number of aryl methyl sites for hydroxylation is 1. The lowest BCUT2D eigenvalue weighted by Crippen LogP contribution is -1.99. The van der Waals surface area contributed by atoms with E-state index < -0.39 is 5.97 Å². The van der Waals surface area contributed by atoms with E-state index in [0.29, 0.717) is 16.0 Å². The van der Waals surface area contributed by atoms with Crippen LogP contribution in [-0.4, -0.2) is 25.8 Å². The SMILES string of the molecule is Cn1nccc1-c1c(C(=O)O)sc2cccnc12. The van der Waals surface area contributed by atoms with Gasteiger partial charge in [-0.1, -0.05) is 0 Å². The van der Waals surface area contributed by atoms with Gasteiger partial charge in [-0.2, -0.15) is 5.10 Å². The number of carbonyl (C=O) groups is 1. The van der Waals surface area contributed by atoms with Crippen LogP contribution in [0.2, 0.25) is 0 Å². The number of carboxylic acids is 1. The number of fused-ring (bicyclic) bond motifs is 1. The van der Waals surface area contributed by atoms with Crippen molar-refractivity contribution in [1.29, 1.82) is 0 Å². The van der Waals surface area contributed by atoms with Gasteiger partial charge in [0, 0.05) is 19.4 Å². The monoisotopic (exact) mass is 259 g/mol. The van der Waals surface area contributed by atoms with Crippen LogP contribution in [0.5, 0.6) is 0 Å². The number of aromatic nitrogens is 3. The smallest absolute Gasteiger partial charge is 0.346 e. The van der Waals surface area contributed by atoms with Crippen molar-refractivity contribution >= 4 is 27.5 Å². The predicted molar refractivity (Wildman–Crippen MR) is 68.8 cm³/mol. The predicted octanol–water partition coefficient (Wildman–Crippen LogP) is 2.40. The first kappa shape index (κ1) is 10.9. The maximum absolute atomic E-state index is 11.4. The number of thiophene rings is 1. The molecule has 1 N–H and O–H groups in total. The minimum atomic E-state index is -0.936. The van der Waals surface area contributed by atoms with E-state index in [1.807, 2.05) is 6.07 Å². The third-order valence-corrected chi connectivity index (χ3v) is 3.85. The fourth-order valence-electron chi connectivity index (χ4n) is 1.94. The Labute approximate surface area is 106 Å². The highest BCUT2D eigenvalue weighted by Gasteiger charge is 2.21. The lowest BCUT2D eigenvalue weighted by molar-refractivity contribution is 0.0703. The molecule has 0 amide bonds. The van der Waals surface area contributed by atoms with E-state index in [0.717, 1.165) is 10.4 Å². The maximum atomic E-state index is 11.4. The highest BCUT2D eigenvalue weighted by atomic mass is 32.1. The van der Waals surface area contributed by atoms with Crippen LogP contribution in [0, 0.1) is 0 Å². The average molecular weight is 259 g/mol. The van der Waals surface area contributed by atoms with Crippen molar-refractivity contribution in [2.24, 2.45) is 7.05 Å². The molecule has 6 heteroatoms. The number of carboxylic acid groups (broad SMARTS) is 1. The minimum absolute atomic E-state index is 0.298. The third kappa shape index (κ3) is 1.50. The van der Waals surface area contributed by atoms with Gasteiger partial charge in [0.1, 0.15) is 4.88 Å². The number of hydrogen-bond acceptors (Lipinski definition) is 4. The molecule has 0 unspecified atom stereocenters. The summed E-state index contributed by atoms with van der Waals surface area (Å²) < 4.78 is 2.52. The van der Waals surface area contributed by atoms with Crippen molar-refractivity contribution in [1.82, 2.24) is 14.8 Å².